The van der Waals surface area contributed by atoms with Crippen LogP contribution >= 0.6 is 12.4 Å². The minimum atomic E-state index is -1.14. The van der Waals surface area contributed by atoms with Crippen LogP contribution in [0.25, 0.3) is 0 Å². The van der Waals surface area contributed by atoms with E-state index in [1.165, 1.54) is 70.6 Å². The third kappa shape index (κ3) is 16.3. The van der Waals surface area contributed by atoms with Crippen molar-refractivity contribution in [3.63, 3.8) is 0 Å². The Morgan fingerprint density at radius 3 is 1.52 bits per heavy atom. The molecule has 0 aliphatic carbocycles. The first-order valence-corrected chi connectivity index (χ1v) is 9.26. The van der Waals surface area contributed by atoms with E-state index in [1.807, 2.05) is 0 Å². The van der Waals surface area contributed by atoms with Crippen LogP contribution in [0.2, 0.25) is 0 Å². The van der Waals surface area contributed by atoms with E-state index in [4.69, 9.17) is 10.8 Å². The molecule has 0 rings (SSSR count). The van der Waals surface area contributed by atoms with Gasteiger partial charge < -0.3 is 15.9 Å². The largest absolute Gasteiger partial charge is 0.480 e. The SMILES string of the molecule is CCCCCCCCCCCCCCC[C@@H](O)[C@@H](N)C(=O)O.Cl. The highest BCUT2D eigenvalue weighted by Gasteiger charge is 2.20. The maximum absolute atomic E-state index is 10.6. The van der Waals surface area contributed by atoms with Crippen molar-refractivity contribution in [2.75, 3.05) is 0 Å². The fourth-order valence-corrected chi connectivity index (χ4v) is 2.72. The molecule has 4 N–H and O–H groups in total. The molecule has 23 heavy (non-hydrogen) atoms. The second kappa shape index (κ2) is 18.0. The third-order valence-electron chi connectivity index (χ3n) is 4.30. The van der Waals surface area contributed by atoms with Gasteiger partial charge in [-0.15, -0.1) is 12.4 Å². The summed E-state index contributed by atoms with van der Waals surface area (Å²) >= 11 is 0. The molecule has 0 saturated heterocycles. The minimum Gasteiger partial charge on any atom is -0.480 e. The summed E-state index contributed by atoms with van der Waals surface area (Å²) in [7, 11) is 0. The van der Waals surface area contributed by atoms with Gasteiger partial charge in [-0.05, 0) is 6.42 Å². The highest BCUT2D eigenvalue weighted by Crippen LogP contribution is 2.13. The van der Waals surface area contributed by atoms with E-state index in [1.54, 1.807) is 0 Å². The standard InChI is InChI=1S/C18H37NO3.ClH/c1-2-3-4-5-6-7-8-9-10-11-12-13-14-15-16(20)17(19)18(21)22;/h16-17,20H,2-15,19H2,1H3,(H,21,22);1H/t16-,17-;/m1./s1. The summed E-state index contributed by atoms with van der Waals surface area (Å²) in [5, 5.41) is 18.2. The normalized spacial score (nSPS) is 13.3. The average molecular weight is 352 g/mol. The van der Waals surface area contributed by atoms with Gasteiger partial charge in [0.25, 0.3) is 0 Å². The van der Waals surface area contributed by atoms with Crippen LogP contribution in [0.15, 0.2) is 0 Å². The van der Waals surface area contributed by atoms with Crippen molar-refractivity contribution in [1.82, 2.24) is 0 Å². The van der Waals surface area contributed by atoms with Gasteiger partial charge in [0.05, 0.1) is 6.10 Å². The Morgan fingerprint density at radius 2 is 1.17 bits per heavy atom. The number of rotatable bonds is 16. The molecule has 140 valence electrons. The lowest BCUT2D eigenvalue weighted by Gasteiger charge is -2.14. The average Bonchev–Trinajstić information content (AvgIpc) is 2.50. The van der Waals surface area contributed by atoms with Crippen LogP contribution in [-0.2, 0) is 4.79 Å². The van der Waals surface area contributed by atoms with Crippen LogP contribution < -0.4 is 5.73 Å². The maximum atomic E-state index is 10.6. The second-order valence-electron chi connectivity index (χ2n) is 6.46. The first-order chi connectivity index (χ1) is 10.6. The van der Waals surface area contributed by atoms with Crippen LogP contribution in [0.5, 0.6) is 0 Å². The van der Waals surface area contributed by atoms with Crippen molar-refractivity contribution in [3.05, 3.63) is 0 Å². The zero-order valence-corrected chi connectivity index (χ0v) is 15.7. The molecule has 5 heteroatoms. The number of carboxylic acid groups (broad SMARTS) is 1. The number of hydrogen-bond acceptors (Lipinski definition) is 3. The molecule has 2 atom stereocenters. The highest BCUT2D eigenvalue weighted by molar-refractivity contribution is 5.85. The van der Waals surface area contributed by atoms with E-state index in [-0.39, 0.29) is 12.4 Å². The van der Waals surface area contributed by atoms with Crippen LogP contribution in [0, 0.1) is 0 Å². The van der Waals surface area contributed by atoms with Gasteiger partial charge in [0.15, 0.2) is 0 Å². The van der Waals surface area contributed by atoms with E-state index in [2.05, 4.69) is 6.92 Å². The quantitative estimate of drug-likeness (QED) is 0.353. The number of carbonyl (C=O) groups is 1. The van der Waals surface area contributed by atoms with Gasteiger partial charge in [0.1, 0.15) is 6.04 Å². The first-order valence-electron chi connectivity index (χ1n) is 9.26. The topological polar surface area (TPSA) is 83.5 Å². The summed E-state index contributed by atoms with van der Waals surface area (Å²) in [4.78, 5) is 10.6. The molecule has 4 nitrogen and oxygen atoms in total. The molecule has 0 heterocycles. The number of aliphatic hydroxyl groups is 1. The predicted molar refractivity (Wildman–Crippen MR) is 99.2 cm³/mol. The Kier molecular flexibility index (Phi) is 19.5. The van der Waals surface area contributed by atoms with Crippen molar-refractivity contribution in [3.8, 4) is 0 Å². The van der Waals surface area contributed by atoms with Crippen LogP contribution in [0.3, 0.4) is 0 Å². The lowest BCUT2D eigenvalue weighted by atomic mass is 10.0. The Balaban J connectivity index is 0. The Labute approximate surface area is 148 Å². The first kappa shape index (κ1) is 24.9. The molecular weight excluding hydrogens is 314 g/mol. The number of halogens is 1. The molecule has 0 aromatic rings. The fraction of sp³-hybridized carbons (Fsp3) is 0.944. The van der Waals surface area contributed by atoms with Gasteiger partial charge >= 0.3 is 5.97 Å². The summed E-state index contributed by atoms with van der Waals surface area (Å²) in [6, 6.07) is -1.14. The number of aliphatic hydroxyl groups excluding tert-OH is 1. The zero-order chi connectivity index (χ0) is 16.6. The Hall–Kier alpha value is -0.320. The van der Waals surface area contributed by atoms with E-state index in [0.717, 1.165) is 12.8 Å². The fourth-order valence-electron chi connectivity index (χ4n) is 2.72. The molecule has 0 unspecified atom stereocenters. The van der Waals surface area contributed by atoms with Crippen molar-refractivity contribution < 1.29 is 15.0 Å². The number of carboxylic acids is 1. The van der Waals surface area contributed by atoms with E-state index in [9.17, 15) is 9.90 Å². The molecule has 0 bridgehead atoms. The minimum absolute atomic E-state index is 0. The lowest BCUT2D eigenvalue weighted by Crippen LogP contribution is -2.41. The second-order valence-corrected chi connectivity index (χ2v) is 6.46. The highest BCUT2D eigenvalue weighted by atomic mass is 35.5. The predicted octanol–water partition coefficient (Wildman–Crippen LogP) is 4.66. The molecule has 0 fully saturated rings. The zero-order valence-electron chi connectivity index (χ0n) is 14.8. The monoisotopic (exact) mass is 351 g/mol. The summed E-state index contributed by atoms with van der Waals surface area (Å²) in [5.74, 6) is -1.12. The van der Waals surface area contributed by atoms with Gasteiger partial charge in [-0.3, -0.25) is 4.79 Å². The number of aliphatic carboxylic acids is 1. The molecule has 0 aromatic heterocycles. The van der Waals surface area contributed by atoms with Crippen molar-refractivity contribution in [2.24, 2.45) is 5.73 Å². The van der Waals surface area contributed by atoms with E-state index in [0.29, 0.717) is 6.42 Å². The molecule has 0 aliphatic rings. The van der Waals surface area contributed by atoms with E-state index < -0.39 is 18.1 Å². The van der Waals surface area contributed by atoms with Crippen LogP contribution in [0.4, 0.5) is 0 Å². The maximum Gasteiger partial charge on any atom is 0.323 e. The summed E-state index contributed by atoms with van der Waals surface area (Å²) < 4.78 is 0. The molecule has 0 amide bonds. The van der Waals surface area contributed by atoms with Gasteiger partial charge in [-0.1, -0.05) is 90.4 Å². The van der Waals surface area contributed by atoms with Gasteiger partial charge in [0, 0.05) is 0 Å². The molecule has 0 spiro atoms. The van der Waals surface area contributed by atoms with Crippen LogP contribution in [0.1, 0.15) is 96.8 Å². The third-order valence-corrected chi connectivity index (χ3v) is 4.30. The van der Waals surface area contributed by atoms with Crippen molar-refractivity contribution >= 4 is 18.4 Å². The smallest absolute Gasteiger partial charge is 0.323 e. The number of hydrogen-bond donors (Lipinski definition) is 3. The van der Waals surface area contributed by atoms with Gasteiger partial charge in [-0.2, -0.15) is 0 Å². The summed E-state index contributed by atoms with van der Waals surface area (Å²) in [6.07, 6.45) is 16.2. The molecular formula is C18H38ClNO3. The number of unbranched alkanes of at least 4 members (excludes halogenated alkanes) is 12. The van der Waals surface area contributed by atoms with Gasteiger partial charge in [-0.25, -0.2) is 0 Å². The molecule has 0 saturated carbocycles. The molecule has 0 aromatic carbocycles. The Morgan fingerprint density at radius 1 is 0.826 bits per heavy atom. The van der Waals surface area contributed by atoms with Crippen molar-refractivity contribution in [2.45, 2.75) is 109 Å². The van der Waals surface area contributed by atoms with Crippen molar-refractivity contribution in [1.29, 1.82) is 0 Å². The lowest BCUT2D eigenvalue weighted by molar-refractivity contribution is -0.141. The van der Waals surface area contributed by atoms with Crippen LogP contribution in [-0.4, -0.2) is 28.3 Å². The Bertz CT molecular complexity index is 265. The summed E-state index contributed by atoms with van der Waals surface area (Å²) in [5.41, 5.74) is 5.36. The van der Waals surface area contributed by atoms with Gasteiger partial charge in [0.2, 0.25) is 0 Å². The van der Waals surface area contributed by atoms with E-state index >= 15 is 0 Å². The molecule has 0 radical (unpaired) electrons. The molecule has 0 aliphatic heterocycles. The summed E-state index contributed by atoms with van der Waals surface area (Å²) in [6.45, 7) is 2.25. The number of nitrogens with two attached hydrogens (primary N) is 1.